The van der Waals surface area contributed by atoms with Gasteiger partial charge in [0.05, 0.1) is 0 Å². The van der Waals surface area contributed by atoms with E-state index in [1.807, 2.05) is 0 Å². The second-order valence-corrected chi connectivity index (χ2v) is 3.56. The van der Waals surface area contributed by atoms with Gasteiger partial charge in [-0.05, 0) is 24.4 Å². The molecule has 0 aliphatic heterocycles. The summed E-state index contributed by atoms with van der Waals surface area (Å²) < 4.78 is 0. The first-order valence-corrected chi connectivity index (χ1v) is 4.77. The summed E-state index contributed by atoms with van der Waals surface area (Å²) in [6, 6.07) is 0. The lowest BCUT2D eigenvalue weighted by Gasteiger charge is -2.02. The lowest BCUT2D eigenvalue weighted by Crippen LogP contribution is -1.97. The summed E-state index contributed by atoms with van der Waals surface area (Å²) in [4.78, 5) is 0. The van der Waals surface area contributed by atoms with E-state index in [4.69, 9.17) is 0 Å². The average Bonchev–Trinajstić information content (AvgIpc) is 1.68. The maximum Gasteiger partial charge on any atom is -0.0226 e. The van der Waals surface area contributed by atoms with Crippen molar-refractivity contribution >= 4 is 27.7 Å². The molecule has 0 saturated carbocycles. The molecule has 0 amide bonds. The van der Waals surface area contributed by atoms with E-state index in [1.165, 1.54) is 18.7 Å². The average molecular weight is 154 g/mol. The Morgan fingerprint density at radius 2 is 1.86 bits per heavy atom. The van der Waals surface area contributed by atoms with Crippen molar-refractivity contribution in [1.29, 1.82) is 0 Å². The fraction of sp³-hybridized carbons (Fsp3) is 1.00. The summed E-state index contributed by atoms with van der Waals surface area (Å²) in [5.41, 5.74) is 0.808. The molecular formula is C4H13P3. The van der Waals surface area contributed by atoms with Gasteiger partial charge in [-0.3, -0.25) is 0 Å². The summed E-state index contributed by atoms with van der Waals surface area (Å²) in [7, 11) is 8.29. The van der Waals surface area contributed by atoms with Gasteiger partial charge in [-0.1, -0.05) is 0 Å². The zero-order valence-electron chi connectivity index (χ0n) is 4.43. The molecule has 3 unspecified atom stereocenters. The molecule has 3 heteroatoms. The van der Waals surface area contributed by atoms with Gasteiger partial charge in [0.2, 0.25) is 0 Å². The van der Waals surface area contributed by atoms with Gasteiger partial charge in [0.25, 0.3) is 0 Å². The van der Waals surface area contributed by atoms with Gasteiger partial charge < -0.3 is 0 Å². The number of rotatable bonds is 3. The maximum atomic E-state index is 2.82. The minimum absolute atomic E-state index is 0.808. The minimum atomic E-state index is 0.808. The van der Waals surface area contributed by atoms with Gasteiger partial charge in [-0.15, -0.1) is 27.7 Å². The first-order valence-electron chi connectivity index (χ1n) is 2.47. The van der Waals surface area contributed by atoms with Gasteiger partial charge in [-0.25, -0.2) is 0 Å². The van der Waals surface area contributed by atoms with Gasteiger partial charge in [0.1, 0.15) is 0 Å². The van der Waals surface area contributed by atoms with Crippen molar-refractivity contribution in [2.45, 2.75) is 12.1 Å². The maximum absolute atomic E-state index is 2.82. The Hall–Kier alpha value is 1.29. The Kier molecular flexibility index (Phi) is 6.43. The van der Waals surface area contributed by atoms with E-state index in [2.05, 4.69) is 27.7 Å². The molecule has 0 N–H and O–H groups in total. The van der Waals surface area contributed by atoms with E-state index < -0.39 is 0 Å². The predicted molar refractivity (Wildman–Crippen MR) is 47.3 cm³/mol. The Bertz CT molecular complexity index is 37.9. The van der Waals surface area contributed by atoms with Crippen LogP contribution in [0.4, 0.5) is 0 Å². The van der Waals surface area contributed by atoms with Gasteiger partial charge in [0, 0.05) is 0 Å². The van der Waals surface area contributed by atoms with Crippen molar-refractivity contribution in [2.75, 3.05) is 12.3 Å². The van der Waals surface area contributed by atoms with Crippen molar-refractivity contribution < 1.29 is 0 Å². The molecule has 0 rings (SSSR count). The van der Waals surface area contributed by atoms with Gasteiger partial charge in [-0.2, -0.15) is 0 Å². The van der Waals surface area contributed by atoms with Crippen LogP contribution in [0.15, 0.2) is 0 Å². The van der Waals surface area contributed by atoms with Crippen LogP contribution in [0, 0.1) is 0 Å². The second kappa shape index (κ2) is 5.43. The molecule has 0 aliphatic carbocycles. The van der Waals surface area contributed by atoms with Crippen LogP contribution >= 0.6 is 27.7 Å². The van der Waals surface area contributed by atoms with Crippen LogP contribution in [0.3, 0.4) is 0 Å². The molecule has 0 heterocycles. The molecule has 0 radical (unpaired) electrons. The molecule has 0 aromatic carbocycles. The fourth-order valence-electron chi connectivity index (χ4n) is 0.332. The summed E-state index contributed by atoms with van der Waals surface area (Å²) in [6.45, 7) is 0. The van der Waals surface area contributed by atoms with Crippen molar-refractivity contribution in [3.8, 4) is 0 Å². The first kappa shape index (κ1) is 8.29. The first-order chi connectivity index (χ1) is 3.31. The van der Waals surface area contributed by atoms with Crippen molar-refractivity contribution in [3.63, 3.8) is 0 Å². The molecule has 0 bridgehead atoms. The lowest BCUT2D eigenvalue weighted by molar-refractivity contribution is 0.930. The van der Waals surface area contributed by atoms with Crippen LogP contribution in [-0.2, 0) is 0 Å². The summed E-state index contributed by atoms with van der Waals surface area (Å²) >= 11 is 0. The Morgan fingerprint density at radius 3 is 2.00 bits per heavy atom. The van der Waals surface area contributed by atoms with Crippen LogP contribution < -0.4 is 0 Å². The topological polar surface area (TPSA) is 0 Å². The monoisotopic (exact) mass is 154 g/mol. The molecule has 0 fully saturated rings. The molecule has 0 saturated heterocycles. The van der Waals surface area contributed by atoms with Crippen LogP contribution in [-0.4, -0.2) is 18.0 Å². The molecule has 0 spiro atoms. The van der Waals surface area contributed by atoms with Gasteiger partial charge >= 0.3 is 0 Å². The largest absolute Gasteiger partial charge is 0.138 e. The minimum Gasteiger partial charge on any atom is -0.138 e. The van der Waals surface area contributed by atoms with Crippen LogP contribution in [0.1, 0.15) is 6.42 Å². The van der Waals surface area contributed by atoms with Crippen molar-refractivity contribution in [2.24, 2.45) is 0 Å². The van der Waals surface area contributed by atoms with Crippen LogP contribution in [0.5, 0.6) is 0 Å². The Morgan fingerprint density at radius 1 is 1.29 bits per heavy atom. The molecule has 4 atom stereocenters. The third-order valence-corrected chi connectivity index (χ3v) is 2.93. The molecule has 0 nitrogen and oxygen atoms in total. The van der Waals surface area contributed by atoms with Crippen molar-refractivity contribution in [3.05, 3.63) is 0 Å². The van der Waals surface area contributed by atoms with E-state index >= 15 is 0 Å². The lowest BCUT2D eigenvalue weighted by atomic mass is 10.4. The van der Waals surface area contributed by atoms with Crippen LogP contribution in [0.2, 0.25) is 0 Å². The third kappa shape index (κ3) is 5.16. The number of hydrogen-bond acceptors (Lipinski definition) is 0. The molecule has 7 heavy (non-hydrogen) atoms. The van der Waals surface area contributed by atoms with E-state index in [0.29, 0.717) is 0 Å². The second-order valence-electron chi connectivity index (χ2n) is 1.57. The zero-order chi connectivity index (χ0) is 5.70. The fourth-order valence-corrected chi connectivity index (χ4v) is 1.57. The van der Waals surface area contributed by atoms with E-state index in [0.717, 1.165) is 5.66 Å². The molecule has 0 aromatic heterocycles. The van der Waals surface area contributed by atoms with Crippen molar-refractivity contribution in [1.82, 2.24) is 0 Å². The van der Waals surface area contributed by atoms with Gasteiger partial charge in [0.15, 0.2) is 0 Å². The summed E-state index contributed by atoms with van der Waals surface area (Å²) in [6.07, 6.45) is 3.74. The molecular weight excluding hydrogens is 141 g/mol. The highest BCUT2D eigenvalue weighted by Crippen LogP contribution is 2.09. The number of hydrogen-bond donors (Lipinski definition) is 0. The van der Waals surface area contributed by atoms with E-state index in [9.17, 15) is 0 Å². The third-order valence-electron chi connectivity index (χ3n) is 0.840. The molecule has 0 aliphatic rings. The summed E-state index contributed by atoms with van der Waals surface area (Å²) in [5.74, 6) is 0. The quantitative estimate of drug-likeness (QED) is 0.538. The van der Waals surface area contributed by atoms with E-state index in [1.54, 1.807) is 0 Å². The standard InChI is InChI=1S/C4H13P3/c5-2-1-4(7)3-6/h4H,1-3,5-7H2/t4-/m0/s1. The smallest absolute Gasteiger partial charge is 0.0226 e. The molecule has 0 aromatic rings. The van der Waals surface area contributed by atoms with E-state index in [-0.39, 0.29) is 0 Å². The highest BCUT2D eigenvalue weighted by molar-refractivity contribution is 7.22. The predicted octanol–water partition coefficient (Wildman–Crippen LogP) is 1.37. The highest BCUT2D eigenvalue weighted by atomic mass is 31.0. The highest BCUT2D eigenvalue weighted by Gasteiger charge is 1.93. The zero-order valence-corrected chi connectivity index (χ0v) is 7.89. The normalized spacial score (nSPS) is 14.1. The Labute approximate surface area is 52.8 Å². The SMILES string of the molecule is PCC[C@H](P)CP. The Balaban J connectivity index is 2.83. The van der Waals surface area contributed by atoms with Crippen LogP contribution in [0.25, 0.3) is 0 Å². The molecule has 44 valence electrons. The summed E-state index contributed by atoms with van der Waals surface area (Å²) in [5, 5.41) is 0.